The van der Waals surface area contributed by atoms with Crippen molar-refractivity contribution in [3.05, 3.63) is 45.1 Å². The summed E-state index contributed by atoms with van der Waals surface area (Å²) in [7, 11) is -1.75. The van der Waals surface area contributed by atoms with E-state index < -0.39 is 10.0 Å². The molecule has 0 saturated carbocycles. The standard InChI is InChI=1S/C15H20N2O2S2/c1-10-5-6-13(7-11(10)2)17-21(18,19)15-12(3)9-20-14(15)8-16-4/h5-7,9,16-17H,8H2,1-4H3. The lowest BCUT2D eigenvalue weighted by Gasteiger charge is -2.11. The van der Waals surface area contributed by atoms with Crippen molar-refractivity contribution in [2.75, 3.05) is 11.8 Å². The summed E-state index contributed by atoms with van der Waals surface area (Å²) < 4.78 is 28.0. The van der Waals surface area contributed by atoms with Crippen molar-refractivity contribution in [1.29, 1.82) is 0 Å². The van der Waals surface area contributed by atoms with E-state index in [9.17, 15) is 8.42 Å². The molecule has 0 saturated heterocycles. The molecule has 0 bridgehead atoms. The van der Waals surface area contributed by atoms with Crippen molar-refractivity contribution >= 4 is 27.0 Å². The topological polar surface area (TPSA) is 58.2 Å². The highest BCUT2D eigenvalue weighted by molar-refractivity contribution is 7.93. The summed E-state index contributed by atoms with van der Waals surface area (Å²) in [6.45, 7) is 6.34. The van der Waals surface area contributed by atoms with E-state index in [1.807, 2.05) is 45.3 Å². The second-order valence-electron chi connectivity index (χ2n) is 5.11. The van der Waals surface area contributed by atoms with E-state index >= 15 is 0 Å². The van der Waals surface area contributed by atoms with Crippen molar-refractivity contribution in [2.45, 2.75) is 32.2 Å². The van der Waals surface area contributed by atoms with Crippen LogP contribution in [0.15, 0.2) is 28.5 Å². The fourth-order valence-electron chi connectivity index (χ4n) is 2.14. The molecule has 0 amide bonds. The Bertz CT molecular complexity index is 749. The molecule has 1 heterocycles. The van der Waals surface area contributed by atoms with Crippen molar-refractivity contribution in [3.8, 4) is 0 Å². The van der Waals surface area contributed by atoms with Crippen LogP contribution in [0.1, 0.15) is 21.6 Å². The molecule has 0 spiro atoms. The quantitative estimate of drug-likeness (QED) is 0.888. The summed E-state index contributed by atoms with van der Waals surface area (Å²) >= 11 is 1.46. The molecule has 2 rings (SSSR count). The fourth-order valence-corrected chi connectivity index (χ4v) is 5.02. The summed E-state index contributed by atoms with van der Waals surface area (Å²) in [6.07, 6.45) is 0. The molecule has 2 aromatic rings. The third-order valence-electron chi connectivity index (χ3n) is 3.35. The highest BCUT2D eigenvalue weighted by Crippen LogP contribution is 2.29. The van der Waals surface area contributed by atoms with E-state index in [2.05, 4.69) is 10.0 Å². The zero-order valence-corrected chi connectivity index (χ0v) is 14.3. The zero-order valence-electron chi connectivity index (χ0n) is 12.6. The minimum atomic E-state index is -3.56. The number of hydrogen-bond acceptors (Lipinski definition) is 4. The minimum Gasteiger partial charge on any atom is -0.315 e. The molecule has 6 heteroatoms. The van der Waals surface area contributed by atoms with E-state index in [4.69, 9.17) is 0 Å². The molecular formula is C15H20N2O2S2. The van der Waals surface area contributed by atoms with E-state index in [1.54, 1.807) is 6.07 Å². The van der Waals surface area contributed by atoms with Gasteiger partial charge in [0, 0.05) is 17.1 Å². The first kappa shape index (κ1) is 16.0. The third-order valence-corrected chi connectivity index (χ3v) is 6.20. The molecule has 1 aromatic heterocycles. The number of rotatable bonds is 5. The molecule has 0 aliphatic heterocycles. The molecule has 0 fully saturated rings. The van der Waals surface area contributed by atoms with Crippen LogP contribution in [0.5, 0.6) is 0 Å². The van der Waals surface area contributed by atoms with E-state index in [-0.39, 0.29) is 0 Å². The van der Waals surface area contributed by atoms with Gasteiger partial charge in [0.05, 0.1) is 0 Å². The Morgan fingerprint density at radius 2 is 1.81 bits per heavy atom. The van der Waals surface area contributed by atoms with Crippen molar-refractivity contribution < 1.29 is 8.42 Å². The monoisotopic (exact) mass is 324 g/mol. The Hall–Kier alpha value is -1.37. The number of nitrogens with one attached hydrogen (secondary N) is 2. The van der Waals surface area contributed by atoms with Gasteiger partial charge in [-0.1, -0.05) is 6.07 Å². The van der Waals surface area contributed by atoms with Gasteiger partial charge in [-0.3, -0.25) is 4.72 Å². The maximum Gasteiger partial charge on any atom is 0.263 e. The van der Waals surface area contributed by atoms with Gasteiger partial charge in [-0.25, -0.2) is 8.42 Å². The molecule has 1 aromatic carbocycles. The first-order valence-corrected chi connectivity index (χ1v) is 9.03. The Morgan fingerprint density at radius 3 is 2.43 bits per heavy atom. The van der Waals surface area contributed by atoms with Gasteiger partial charge < -0.3 is 5.32 Å². The lowest BCUT2D eigenvalue weighted by Crippen LogP contribution is -2.16. The van der Waals surface area contributed by atoms with Crippen LogP contribution in [0, 0.1) is 20.8 Å². The third kappa shape index (κ3) is 3.45. The molecule has 114 valence electrons. The first-order chi connectivity index (χ1) is 9.85. The highest BCUT2D eigenvalue weighted by atomic mass is 32.2. The number of hydrogen-bond donors (Lipinski definition) is 2. The van der Waals surface area contributed by atoms with Crippen LogP contribution in [0.2, 0.25) is 0 Å². The average Bonchev–Trinajstić information content (AvgIpc) is 2.76. The van der Waals surface area contributed by atoms with Crippen molar-refractivity contribution in [3.63, 3.8) is 0 Å². The van der Waals surface area contributed by atoms with Gasteiger partial charge in [0.1, 0.15) is 4.90 Å². The van der Waals surface area contributed by atoms with Gasteiger partial charge >= 0.3 is 0 Å². The van der Waals surface area contributed by atoms with E-state index in [1.165, 1.54) is 11.3 Å². The van der Waals surface area contributed by atoms with E-state index in [0.717, 1.165) is 21.6 Å². The predicted octanol–water partition coefficient (Wildman–Crippen LogP) is 3.19. The Labute approximate surface area is 130 Å². The number of aryl methyl sites for hydroxylation is 3. The van der Waals surface area contributed by atoms with Crippen molar-refractivity contribution in [1.82, 2.24) is 5.32 Å². The molecule has 0 aliphatic carbocycles. The summed E-state index contributed by atoms with van der Waals surface area (Å²) in [5.74, 6) is 0. The summed E-state index contributed by atoms with van der Waals surface area (Å²) in [4.78, 5) is 1.21. The molecular weight excluding hydrogens is 304 g/mol. The fraction of sp³-hybridized carbons (Fsp3) is 0.333. The summed E-state index contributed by atoms with van der Waals surface area (Å²) in [5, 5.41) is 4.89. The molecule has 0 unspecified atom stereocenters. The Balaban J connectivity index is 2.38. The number of anilines is 1. The summed E-state index contributed by atoms with van der Waals surface area (Å²) in [5.41, 5.74) is 3.58. The van der Waals surface area contributed by atoms with E-state index in [0.29, 0.717) is 17.1 Å². The zero-order chi connectivity index (χ0) is 15.6. The molecule has 4 nitrogen and oxygen atoms in total. The van der Waals surface area contributed by atoms with Gasteiger partial charge in [0.15, 0.2) is 0 Å². The Kier molecular flexibility index (Phi) is 4.70. The highest BCUT2D eigenvalue weighted by Gasteiger charge is 2.22. The normalized spacial score (nSPS) is 11.6. The predicted molar refractivity (Wildman–Crippen MR) is 88.5 cm³/mol. The lowest BCUT2D eigenvalue weighted by atomic mass is 10.1. The van der Waals surface area contributed by atoms with Gasteiger partial charge in [0.2, 0.25) is 0 Å². The minimum absolute atomic E-state index is 0.389. The van der Waals surface area contributed by atoms with Crippen LogP contribution in [0.25, 0.3) is 0 Å². The smallest absolute Gasteiger partial charge is 0.263 e. The van der Waals surface area contributed by atoms with Gasteiger partial charge in [0.25, 0.3) is 10.0 Å². The lowest BCUT2D eigenvalue weighted by molar-refractivity contribution is 0.599. The van der Waals surface area contributed by atoms with Crippen LogP contribution in [-0.4, -0.2) is 15.5 Å². The van der Waals surface area contributed by atoms with Crippen LogP contribution >= 0.6 is 11.3 Å². The van der Waals surface area contributed by atoms with Crippen LogP contribution in [0.3, 0.4) is 0 Å². The molecule has 21 heavy (non-hydrogen) atoms. The molecule has 0 atom stereocenters. The van der Waals surface area contributed by atoms with Crippen LogP contribution in [0.4, 0.5) is 5.69 Å². The second-order valence-corrected chi connectivity index (χ2v) is 7.69. The maximum absolute atomic E-state index is 12.6. The molecule has 0 aliphatic rings. The molecule has 2 N–H and O–H groups in total. The summed E-state index contributed by atoms with van der Waals surface area (Å²) in [6, 6.07) is 5.56. The second kappa shape index (κ2) is 6.17. The largest absolute Gasteiger partial charge is 0.315 e. The van der Waals surface area contributed by atoms with Crippen LogP contribution < -0.4 is 10.0 Å². The number of benzene rings is 1. The molecule has 0 radical (unpaired) electrons. The first-order valence-electron chi connectivity index (χ1n) is 6.67. The van der Waals surface area contributed by atoms with Gasteiger partial charge in [-0.05, 0) is 62.0 Å². The maximum atomic E-state index is 12.6. The van der Waals surface area contributed by atoms with Crippen LogP contribution in [-0.2, 0) is 16.6 Å². The SMILES string of the molecule is CNCc1scc(C)c1S(=O)(=O)Nc1ccc(C)c(C)c1. The average molecular weight is 324 g/mol. The number of thiophene rings is 1. The van der Waals surface area contributed by atoms with Crippen molar-refractivity contribution in [2.24, 2.45) is 0 Å². The van der Waals surface area contributed by atoms with Gasteiger partial charge in [-0.2, -0.15) is 0 Å². The number of sulfonamides is 1. The Morgan fingerprint density at radius 1 is 1.10 bits per heavy atom. The van der Waals surface area contributed by atoms with Gasteiger partial charge in [-0.15, -0.1) is 11.3 Å².